The van der Waals surface area contributed by atoms with Crippen molar-refractivity contribution in [2.45, 2.75) is 18.9 Å². The highest BCUT2D eigenvalue weighted by Gasteiger charge is 2.28. The molecule has 0 saturated carbocycles. The van der Waals surface area contributed by atoms with Gasteiger partial charge in [-0.3, -0.25) is 14.5 Å². The summed E-state index contributed by atoms with van der Waals surface area (Å²) >= 11 is 0. The second-order valence-electron chi connectivity index (χ2n) is 6.48. The van der Waals surface area contributed by atoms with Crippen molar-refractivity contribution in [1.29, 1.82) is 0 Å². The van der Waals surface area contributed by atoms with E-state index in [4.69, 9.17) is 0 Å². The van der Waals surface area contributed by atoms with Gasteiger partial charge in [0.05, 0.1) is 6.10 Å². The molecule has 134 valence electrons. The van der Waals surface area contributed by atoms with Crippen LogP contribution in [0.15, 0.2) is 35.4 Å². The third kappa shape index (κ3) is 4.24. The molecule has 1 fully saturated rings. The molecule has 2 aliphatic heterocycles. The van der Waals surface area contributed by atoms with Crippen molar-refractivity contribution in [2.75, 3.05) is 39.8 Å². The number of rotatable bonds is 4. The largest absolute Gasteiger partial charge is 0.387 e. The molecule has 2 aliphatic rings. The number of hydrogen-bond donors (Lipinski definition) is 1. The third-order valence-corrected chi connectivity index (χ3v) is 4.73. The predicted molar refractivity (Wildman–Crippen MR) is 93.9 cm³/mol. The standard InChI is InChI=1S/C18H24N4O3/c1-20-17(24)8-7-15(19-20)18(25)22-11-9-21(10-12-22)13-16(23)14-5-3-2-4-6-14/h2-6,16,23H,7-13H2,1H3/t16-/m0/s1. The second-order valence-corrected chi connectivity index (χ2v) is 6.48. The van der Waals surface area contributed by atoms with Crippen LogP contribution < -0.4 is 0 Å². The average Bonchev–Trinajstić information content (AvgIpc) is 2.65. The molecule has 0 aromatic heterocycles. The molecule has 2 heterocycles. The monoisotopic (exact) mass is 344 g/mol. The van der Waals surface area contributed by atoms with Crippen LogP contribution in [0.1, 0.15) is 24.5 Å². The Bertz CT molecular complexity index is 654. The van der Waals surface area contributed by atoms with Gasteiger partial charge in [0.2, 0.25) is 5.91 Å². The van der Waals surface area contributed by atoms with E-state index in [1.165, 1.54) is 5.01 Å². The Kier molecular flexibility index (Phi) is 5.45. The first-order valence-corrected chi connectivity index (χ1v) is 8.63. The minimum atomic E-state index is -0.522. The molecule has 1 atom stereocenters. The van der Waals surface area contributed by atoms with Crippen molar-refractivity contribution in [1.82, 2.24) is 14.8 Å². The molecular formula is C18H24N4O3. The summed E-state index contributed by atoms with van der Waals surface area (Å²) in [5.41, 5.74) is 1.37. The zero-order valence-corrected chi connectivity index (χ0v) is 14.5. The van der Waals surface area contributed by atoms with Crippen molar-refractivity contribution < 1.29 is 14.7 Å². The van der Waals surface area contributed by atoms with Crippen molar-refractivity contribution in [3.05, 3.63) is 35.9 Å². The van der Waals surface area contributed by atoms with Crippen LogP contribution in [0.2, 0.25) is 0 Å². The summed E-state index contributed by atoms with van der Waals surface area (Å²) in [5, 5.41) is 15.7. The van der Waals surface area contributed by atoms with Gasteiger partial charge in [-0.05, 0) is 5.56 Å². The fourth-order valence-corrected chi connectivity index (χ4v) is 3.16. The summed E-state index contributed by atoms with van der Waals surface area (Å²) in [5.74, 6) is -0.140. The van der Waals surface area contributed by atoms with E-state index in [-0.39, 0.29) is 11.8 Å². The first-order chi connectivity index (χ1) is 12.0. The predicted octanol–water partition coefficient (Wildman–Crippen LogP) is 0.472. The van der Waals surface area contributed by atoms with Gasteiger partial charge >= 0.3 is 0 Å². The lowest BCUT2D eigenvalue weighted by Crippen LogP contribution is -2.52. The molecule has 0 bridgehead atoms. The van der Waals surface area contributed by atoms with Crippen LogP contribution in [0, 0.1) is 0 Å². The first-order valence-electron chi connectivity index (χ1n) is 8.63. The van der Waals surface area contributed by atoms with E-state index in [0.717, 1.165) is 18.7 Å². The van der Waals surface area contributed by atoms with Crippen molar-refractivity contribution in [3.63, 3.8) is 0 Å². The number of aliphatic hydroxyl groups excluding tert-OH is 1. The first kappa shape index (κ1) is 17.6. The molecule has 3 rings (SSSR count). The molecule has 0 radical (unpaired) electrons. The van der Waals surface area contributed by atoms with E-state index < -0.39 is 6.10 Å². The van der Waals surface area contributed by atoms with Crippen LogP contribution in [-0.2, 0) is 9.59 Å². The zero-order chi connectivity index (χ0) is 17.8. The fourth-order valence-electron chi connectivity index (χ4n) is 3.16. The molecule has 1 saturated heterocycles. The number of hydrogen-bond acceptors (Lipinski definition) is 5. The van der Waals surface area contributed by atoms with E-state index in [2.05, 4.69) is 10.0 Å². The second kappa shape index (κ2) is 7.76. The van der Waals surface area contributed by atoms with Gasteiger partial charge in [0.15, 0.2) is 0 Å². The smallest absolute Gasteiger partial charge is 0.270 e. The zero-order valence-electron chi connectivity index (χ0n) is 14.5. The van der Waals surface area contributed by atoms with Gasteiger partial charge in [0.1, 0.15) is 5.71 Å². The maximum absolute atomic E-state index is 12.5. The Morgan fingerprint density at radius 1 is 1.16 bits per heavy atom. The SMILES string of the molecule is CN1N=C(C(=O)N2CCN(C[C@H](O)c3ccccc3)CC2)CCC1=O. The summed E-state index contributed by atoms with van der Waals surface area (Å²) in [6.45, 7) is 3.22. The maximum Gasteiger partial charge on any atom is 0.270 e. The Labute approximate surface area is 147 Å². The Morgan fingerprint density at radius 3 is 2.48 bits per heavy atom. The number of piperazine rings is 1. The van der Waals surface area contributed by atoms with Crippen molar-refractivity contribution >= 4 is 17.5 Å². The summed E-state index contributed by atoms with van der Waals surface area (Å²) in [4.78, 5) is 28.0. The Morgan fingerprint density at radius 2 is 1.84 bits per heavy atom. The van der Waals surface area contributed by atoms with Gasteiger partial charge in [0.25, 0.3) is 5.91 Å². The third-order valence-electron chi connectivity index (χ3n) is 4.73. The lowest BCUT2D eigenvalue weighted by molar-refractivity contribution is -0.131. The highest BCUT2D eigenvalue weighted by atomic mass is 16.3. The van der Waals surface area contributed by atoms with Gasteiger partial charge in [-0.15, -0.1) is 0 Å². The van der Waals surface area contributed by atoms with E-state index >= 15 is 0 Å². The van der Waals surface area contributed by atoms with Crippen molar-refractivity contribution in [2.24, 2.45) is 5.10 Å². The number of amides is 2. The van der Waals surface area contributed by atoms with Gasteiger partial charge in [-0.1, -0.05) is 30.3 Å². The van der Waals surface area contributed by atoms with Gasteiger partial charge in [-0.2, -0.15) is 5.10 Å². The molecule has 0 aliphatic carbocycles. The number of β-amino-alcohol motifs (C(OH)–C–C–N with tert-alkyl or cyclic N) is 1. The van der Waals surface area contributed by atoms with Gasteiger partial charge in [0, 0.05) is 52.6 Å². The van der Waals surface area contributed by atoms with E-state index in [0.29, 0.717) is 38.2 Å². The van der Waals surface area contributed by atoms with Gasteiger partial charge < -0.3 is 10.0 Å². The van der Waals surface area contributed by atoms with E-state index in [1.807, 2.05) is 30.3 Å². The Hall–Kier alpha value is -2.25. The molecule has 0 spiro atoms. The van der Waals surface area contributed by atoms with Crippen LogP contribution in [0.25, 0.3) is 0 Å². The molecule has 1 aromatic carbocycles. The molecule has 1 N–H and O–H groups in total. The molecule has 25 heavy (non-hydrogen) atoms. The number of carbonyl (C=O) groups excluding carboxylic acids is 2. The molecule has 2 amide bonds. The average molecular weight is 344 g/mol. The maximum atomic E-state index is 12.5. The van der Waals surface area contributed by atoms with Crippen LogP contribution in [0.4, 0.5) is 0 Å². The number of hydrazone groups is 1. The van der Waals surface area contributed by atoms with Crippen LogP contribution in [0.3, 0.4) is 0 Å². The summed E-state index contributed by atoms with van der Waals surface area (Å²) in [6, 6.07) is 9.61. The van der Waals surface area contributed by atoms with Crippen molar-refractivity contribution in [3.8, 4) is 0 Å². The molecular weight excluding hydrogens is 320 g/mol. The molecule has 7 nitrogen and oxygen atoms in total. The molecule has 0 unspecified atom stereocenters. The summed E-state index contributed by atoms with van der Waals surface area (Å²) in [7, 11) is 1.58. The Balaban J connectivity index is 1.51. The fraction of sp³-hybridized carbons (Fsp3) is 0.500. The van der Waals surface area contributed by atoms with Crippen LogP contribution in [-0.4, -0.2) is 77.2 Å². The van der Waals surface area contributed by atoms with E-state index in [9.17, 15) is 14.7 Å². The van der Waals surface area contributed by atoms with E-state index in [1.54, 1.807) is 11.9 Å². The summed E-state index contributed by atoms with van der Waals surface area (Å²) in [6.07, 6.45) is 0.227. The molecule has 1 aromatic rings. The lowest BCUT2D eigenvalue weighted by atomic mass is 10.1. The topological polar surface area (TPSA) is 76.5 Å². The lowest BCUT2D eigenvalue weighted by Gasteiger charge is -2.36. The number of nitrogens with zero attached hydrogens (tertiary/aromatic N) is 4. The number of carbonyl (C=O) groups is 2. The van der Waals surface area contributed by atoms with Crippen LogP contribution >= 0.6 is 0 Å². The summed E-state index contributed by atoms with van der Waals surface area (Å²) < 4.78 is 0. The minimum absolute atomic E-state index is 0.0590. The van der Waals surface area contributed by atoms with Crippen LogP contribution in [0.5, 0.6) is 0 Å². The highest BCUT2D eigenvalue weighted by Crippen LogP contribution is 2.16. The quantitative estimate of drug-likeness (QED) is 0.862. The number of benzene rings is 1. The number of aliphatic hydroxyl groups is 1. The molecule has 7 heteroatoms. The van der Waals surface area contributed by atoms with Gasteiger partial charge in [-0.25, -0.2) is 5.01 Å². The normalized spacial score (nSPS) is 20.4. The highest BCUT2D eigenvalue weighted by molar-refractivity contribution is 6.39. The minimum Gasteiger partial charge on any atom is -0.387 e.